The zero-order valence-corrected chi connectivity index (χ0v) is 15.8. The van der Waals surface area contributed by atoms with Crippen LogP contribution in [-0.4, -0.2) is 34.6 Å². The van der Waals surface area contributed by atoms with Crippen molar-refractivity contribution in [3.63, 3.8) is 0 Å². The maximum Gasteiger partial charge on any atom is 0.345 e. The number of benzene rings is 2. The van der Waals surface area contributed by atoms with Crippen LogP contribution >= 0.6 is 0 Å². The number of rotatable bonds is 6. The Kier molecular flexibility index (Phi) is 6.36. The second-order valence-corrected chi connectivity index (χ2v) is 7.01. The van der Waals surface area contributed by atoms with E-state index in [9.17, 15) is 18.0 Å². The van der Waals surface area contributed by atoms with Gasteiger partial charge in [-0.25, -0.2) is 9.59 Å². The summed E-state index contributed by atoms with van der Waals surface area (Å²) in [5.41, 5.74) is 1.10. The second-order valence-electron chi connectivity index (χ2n) is 5.46. The van der Waals surface area contributed by atoms with Gasteiger partial charge in [0.1, 0.15) is 16.2 Å². The normalized spacial score (nSPS) is 10.6. The van der Waals surface area contributed by atoms with Crippen LogP contribution in [0.15, 0.2) is 59.0 Å². The van der Waals surface area contributed by atoms with Gasteiger partial charge in [0.25, 0.3) is 0 Å². The van der Waals surface area contributed by atoms with Gasteiger partial charge in [-0.2, -0.15) is 8.42 Å². The number of hydrogen-bond acceptors (Lipinski definition) is 7. The van der Waals surface area contributed by atoms with Crippen molar-refractivity contribution < 1.29 is 31.7 Å². The van der Waals surface area contributed by atoms with Crippen LogP contribution in [-0.2, 0) is 29.2 Å². The molecule has 0 saturated carbocycles. The third-order valence-electron chi connectivity index (χ3n) is 3.52. The molecule has 0 aliphatic carbocycles. The average molecular weight is 390 g/mol. The number of methoxy groups -OCH3 is 2. The van der Waals surface area contributed by atoms with E-state index in [-0.39, 0.29) is 16.2 Å². The Balaban J connectivity index is 2.24. The lowest BCUT2D eigenvalue weighted by molar-refractivity contribution is -0.143. The van der Waals surface area contributed by atoms with Crippen LogP contribution in [0.25, 0.3) is 6.08 Å². The van der Waals surface area contributed by atoms with Gasteiger partial charge in [-0.1, -0.05) is 29.8 Å². The van der Waals surface area contributed by atoms with Crippen LogP contribution in [0, 0.1) is 6.92 Å². The largest absolute Gasteiger partial charge is 0.465 e. The Morgan fingerprint density at radius 2 is 1.37 bits per heavy atom. The Bertz CT molecular complexity index is 938. The quantitative estimate of drug-likeness (QED) is 0.246. The number of aryl methyl sites for hydroxylation is 1. The summed E-state index contributed by atoms with van der Waals surface area (Å²) in [6.07, 6.45) is 1.27. The zero-order valence-electron chi connectivity index (χ0n) is 15.0. The lowest BCUT2D eigenvalue weighted by Gasteiger charge is -2.08. The van der Waals surface area contributed by atoms with Gasteiger partial charge in [0.15, 0.2) is 0 Å². The van der Waals surface area contributed by atoms with Gasteiger partial charge in [-0.3, -0.25) is 0 Å². The van der Waals surface area contributed by atoms with E-state index in [0.29, 0.717) is 5.56 Å². The van der Waals surface area contributed by atoms with Crippen LogP contribution in [0.1, 0.15) is 11.1 Å². The molecule has 7 nitrogen and oxygen atoms in total. The Labute approximate surface area is 157 Å². The van der Waals surface area contributed by atoms with Gasteiger partial charge in [0.05, 0.1) is 14.2 Å². The molecular weight excluding hydrogens is 372 g/mol. The minimum absolute atomic E-state index is 0.0377. The topological polar surface area (TPSA) is 96.0 Å². The van der Waals surface area contributed by atoms with Gasteiger partial charge in [0.2, 0.25) is 0 Å². The SMILES string of the molecule is COC(=O)C(=Cc1ccc(OS(=O)(=O)c2ccc(C)cc2)cc1)C(=O)OC. The molecule has 2 aromatic carbocycles. The summed E-state index contributed by atoms with van der Waals surface area (Å²) < 4.78 is 38.7. The van der Waals surface area contributed by atoms with Gasteiger partial charge in [-0.05, 0) is 42.8 Å². The molecule has 0 spiro atoms. The fourth-order valence-corrected chi connectivity index (χ4v) is 3.02. The van der Waals surface area contributed by atoms with E-state index in [1.807, 2.05) is 6.92 Å². The van der Waals surface area contributed by atoms with Crippen molar-refractivity contribution >= 4 is 28.1 Å². The first kappa shape index (κ1) is 20.2. The van der Waals surface area contributed by atoms with Crippen molar-refractivity contribution in [2.24, 2.45) is 0 Å². The van der Waals surface area contributed by atoms with E-state index in [1.165, 1.54) is 42.5 Å². The summed E-state index contributed by atoms with van der Waals surface area (Å²) in [5, 5.41) is 0. The fourth-order valence-electron chi connectivity index (χ4n) is 2.09. The molecule has 0 bridgehead atoms. The molecule has 2 rings (SSSR count). The Morgan fingerprint density at radius 3 is 1.85 bits per heavy atom. The lowest BCUT2D eigenvalue weighted by atomic mass is 10.1. The fraction of sp³-hybridized carbons (Fsp3) is 0.158. The number of carbonyl (C=O) groups is 2. The third kappa shape index (κ3) is 5.18. The third-order valence-corrected chi connectivity index (χ3v) is 4.78. The number of ether oxygens (including phenoxy) is 2. The second kappa shape index (κ2) is 8.50. The Morgan fingerprint density at radius 1 is 0.852 bits per heavy atom. The molecule has 27 heavy (non-hydrogen) atoms. The minimum atomic E-state index is -3.96. The lowest BCUT2D eigenvalue weighted by Crippen LogP contribution is -2.15. The first-order valence-electron chi connectivity index (χ1n) is 7.76. The number of hydrogen-bond donors (Lipinski definition) is 0. The molecule has 0 aliphatic heterocycles. The van der Waals surface area contributed by atoms with E-state index in [4.69, 9.17) is 4.18 Å². The Hall–Kier alpha value is -3.13. The van der Waals surface area contributed by atoms with Gasteiger partial charge >= 0.3 is 22.1 Å². The maximum atomic E-state index is 12.3. The first-order chi connectivity index (χ1) is 12.8. The predicted octanol–water partition coefficient (Wildman–Crippen LogP) is 2.49. The highest BCUT2D eigenvalue weighted by Crippen LogP contribution is 2.21. The van der Waals surface area contributed by atoms with E-state index in [0.717, 1.165) is 19.8 Å². The van der Waals surface area contributed by atoms with Crippen molar-refractivity contribution in [2.45, 2.75) is 11.8 Å². The molecule has 0 aromatic heterocycles. The highest BCUT2D eigenvalue weighted by Gasteiger charge is 2.20. The summed E-state index contributed by atoms with van der Waals surface area (Å²) >= 11 is 0. The number of carbonyl (C=O) groups excluding carboxylic acids is 2. The van der Waals surface area contributed by atoms with E-state index in [2.05, 4.69) is 9.47 Å². The minimum Gasteiger partial charge on any atom is -0.465 e. The van der Waals surface area contributed by atoms with Crippen LogP contribution in [0.2, 0.25) is 0 Å². The predicted molar refractivity (Wildman–Crippen MR) is 97.4 cm³/mol. The van der Waals surface area contributed by atoms with Gasteiger partial charge in [0, 0.05) is 0 Å². The summed E-state index contributed by atoms with van der Waals surface area (Å²) in [6, 6.07) is 12.1. The molecule has 0 amide bonds. The van der Waals surface area contributed by atoms with Crippen LogP contribution in [0.3, 0.4) is 0 Å². The average Bonchev–Trinajstić information content (AvgIpc) is 2.66. The summed E-state index contributed by atoms with van der Waals surface area (Å²) in [7, 11) is -1.67. The van der Waals surface area contributed by atoms with E-state index < -0.39 is 22.1 Å². The number of esters is 2. The molecule has 0 unspecified atom stereocenters. The molecule has 8 heteroatoms. The highest BCUT2D eigenvalue weighted by atomic mass is 32.2. The summed E-state index contributed by atoms with van der Waals surface area (Å²) in [5.74, 6) is -1.60. The molecule has 0 saturated heterocycles. The van der Waals surface area contributed by atoms with Crippen LogP contribution < -0.4 is 4.18 Å². The van der Waals surface area contributed by atoms with Crippen molar-refractivity contribution in [3.8, 4) is 5.75 Å². The molecule has 2 aromatic rings. The standard InChI is InChI=1S/C19H18O7S/c1-13-4-10-16(11-5-13)27(22,23)26-15-8-6-14(7-9-15)12-17(18(20)24-2)19(21)25-3/h4-12H,1-3H3. The van der Waals surface area contributed by atoms with Crippen molar-refractivity contribution in [1.82, 2.24) is 0 Å². The summed E-state index contributed by atoms with van der Waals surface area (Å²) in [6.45, 7) is 1.85. The molecule has 0 fully saturated rings. The molecule has 142 valence electrons. The molecule has 0 radical (unpaired) electrons. The van der Waals surface area contributed by atoms with E-state index >= 15 is 0 Å². The molecule has 0 heterocycles. The molecule has 0 N–H and O–H groups in total. The maximum absolute atomic E-state index is 12.3. The monoisotopic (exact) mass is 390 g/mol. The molecular formula is C19H18O7S. The highest BCUT2D eigenvalue weighted by molar-refractivity contribution is 7.87. The van der Waals surface area contributed by atoms with Crippen molar-refractivity contribution in [2.75, 3.05) is 14.2 Å². The molecule has 0 atom stereocenters. The molecule has 0 aliphatic rings. The van der Waals surface area contributed by atoms with Crippen molar-refractivity contribution in [1.29, 1.82) is 0 Å². The van der Waals surface area contributed by atoms with Crippen molar-refractivity contribution in [3.05, 3.63) is 65.2 Å². The van der Waals surface area contributed by atoms with Crippen LogP contribution in [0.4, 0.5) is 0 Å². The van der Waals surface area contributed by atoms with Gasteiger partial charge < -0.3 is 13.7 Å². The summed E-state index contributed by atoms with van der Waals surface area (Å²) in [4.78, 5) is 23.4. The smallest absolute Gasteiger partial charge is 0.345 e. The van der Waals surface area contributed by atoms with Crippen LogP contribution in [0.5, 0.6) is 5.75 Å². The van der Waals surface area contributed by atoms with E-state index in [1.54, 1.807) is 12.1 Å². The first-order valence-corrected chi connectivity index (χ1v) is 9.17. The zero-order chi connectivity index (χ0) is 20.0. The van der Waals surface area contributed by atoms with Gasteiger partial charge in [-0.15, -0.1) is 0 Å².